The Morgan fingerprint density at radius 3 is 1.41 bits per heavy atom. The highest BCUT2D eigenvalue weighted by Crippen LogP contribution is 2.36. The van der Waals surface area contributed by atoms with E-state index in [1.54, 1.807) is 0 Å². The molecule has 0 radical (unpaired) electrons. The molecule has 0 aliphatic carbocycles. The Balaban J connectivity index is 1.52. The summed E-state index contributed by atoms with van der Waals surface area (Å²) >= 11 is 0. The van der Waals surface area contributed by atoms with E-state index in [0.717, 1.165) is 27.8 Å². The van der Waals surface area contributed by atoms with Crippen LogP contribution in [0.25, 0.3) is 38.6 Å². The summed E-state index contributed by atoms with van der Waals surface area (Å²) in [5.74, 6) is 0. The van der Waals surface area contributed by atoms with Gasteiger partial charge < -0.3 is 4.57 Å². The Kier molecular flexibility index (Phi) is 6.91. The molecule has 2 nitrogen and oxygen atoms in total. The number of fused-ring (bicyclic) bond motifs is 3. The molecular weight excluding hydrogens is 573 g/mol. The van der Waals surface area contributed by atoms with E-state index in [0.29, 0.717) is 5.56 Å². The lowest BCUT2D eigenvalue weighted by atomic mass is 10.0. The number of para-hydroxylation sites is 2. The van der Waals surface area contributed by atoms with Gasteiger partial charge in [0.15, 0.2) is 8.07 Å². The summed E-state index contributed by atoms with van der Waals surface area (Å²) in [7, 11) is -2.86. The first kappa shape index (κ1) is 27.6. The number of benzene rings is 7. The fourth-order valence-corrected chi connectivity index (χ4v) is 12.3. The maximum atomic E-state index is 10.2. The summed E-state index contributed by atoms with van der Waals surface area (Å²) in [4.78, 5) is 0. The van der Waals surface area contributed by atoms with Gasteiger partial charge in [0.2, 0.25) is 0 Å². The van der Waals surface area contributed by atoms with E-state index in [2.05, 4.69) is 187 Å². The highest BCUT2D eigenvalue weighted by atomic mass is 28.3. The fraction of sp³-hybridized carbons (Fsp3) is 0. The number of nitriles is 1. The van der Waals surface area contributed by atoms with E-state index in [1.807, 2.05) is 6.07 Å². The van der Waals surface area contributed by atoms with Crippen LogP contribution < -0.4 is 20.7 Å². The molecule has 0 amide bonds. The SMILES string of the molecule is N#Cc1ccc(-n2c3ccccc3c3ccccc32)c(-c2ccccc2[Si](c2ccccc2)(c2ccccc2)c2ccccc2)c1. The van der Waals surface area contributed by atoms with Gasteiger partial charge in [0.05, 0.1) is 28.4 Å². The van der Waals surface area contributed by atoms with Crippen LogP contribution in [0.15, 0.2) is 182 Å². The van der Waals surface area contributed by atoms with Crippen molar-refractivity contribution < 1.29 is 0 Å². The minimum Gasteiger partial charge on any atom is -0.309 e. The predicted molar refractivity (Wildman–Crippen MR) is 195 cm³/mol. The quantitative estimate of drug-likeness (QED) is 0.142. The Morgan fingerprint density at radius 2 is 0.891 bits per heavy atom. The Labute approximate surface area is 270 Å². The zero-order chi connectivity index (χ0) is 30.9. The van der Waals surface area contributed by atoms with Gasteiger partial charge in [0, 0.05) is 16.3 Å². The standard InChI is InChI=1S/C43H30N2Si/c44-31-32-28-29-42(45-40-25-13-10-22-36(40)37-23-11-14-26-41(37)45)39(30-32)38-24-12-15-27-43(38)46(33-16-4-1-5-17-33,34-18-6-2-7-19-34)35-20-8-3-9-21-35/h1-30H. The number of hydrogen-bond acceptors (Lipinski definition) is 1. The van der Waals surface area contributed by atoms with Gasteiger partial charge in [-0.3, -0.25) is 0 Å². The second kappa shape index (κ2) is 11.5. The van der Waals surface area contributed by atoms with E-state index in [1.165, 1.54) is 31.5 Å². The van der Waals surface area contributed by atoms with Crippen molar-refractivity contribution in [2.45, 2.75) is 0 Å². The predicted octanol–water partition coefficient (Wildman–Crippen LogP) is 7.70. The third-order valence-corrected chi connectivity index (χ3v) is 14.0. The van der Waals surface area contributed by atoms with E-state index in [-0.39, 0.29) is 0 Å². The molecule has 0 fully saturated rings. The van der Waals surface area contributed by atoms with E-state index in [4.69, 9.17) is 0 Å². The van der Waals surface area contributed by atoms with Crippen LogP contribution >= 0.6 is 0 Å². The molecule has 0 atom stereocenters. The molecule has 8 aromatic rings. The van der Waals surface area contributed by atoms with E-state index >= 15 is 0 Å². The normalized spacial score (nSPS) is 11.5. The molecule has 0 unspecified atom stereocenters. The van der Waals surface area contributed by atoms with Crippen LogP contribution in [0, 0.1) is 11.3 Å². The van der Waals surface area contributed by atoms with Crippen molar-refractivity contribution in [3.05, 3.63) is 188 Å². The van der Waals surface area contributed by atoms with E-state index in [9.17, 15) is 5.26 Å². The molecule has 0 aliphatic heterocycles. The van der Waals surface area contributed by atoms with Crippen molar-refractivity contribution in [2.75, 3.05) is 0 Å². The minimum atomic E-state index is -2.86. The van der Waals surface area contributed by atoms with Crippen molar-refractivity contribution >= 4 is 50.6 Å². The average Bonchev–Trinajstić information content (AvgIpc) is 3.47. The highest BCUT2D eigenvalue weighted by Gasteiger charge is 2.43. The van der Waals surface area contributed by atoms with Gasteiger partial charge in [-0.15, -0.1) is 0 Å². The van der Waals surface area contributed by atoms with Gasteiger partial charge >= 0.3 is 0 Å². The average molecular weight is 603 g/mol. The summed E-state index contributed by atoms with van der Waals surface area (Å²) in [5, 5.41) is 17.8. The van der Waals surface area contributed by atoms with Gasteiger partial charge in [0.25, 0.3) is 0 Å². The van der Waals surface area contributed by atoms with Crippen LogP contribution in [-0.4, -0.2) is 12.6 Å². The van der Waals surface area contributed by atoms with Crippen LogP contribution in [-0.2, 0) is 0 Å². The monoisotopic (exact) mass is 602 g/mol. The zero-order valence-corrected chi connectivity index (χ0v) is 26.2. The summed E-state index contributed by atoms with van der Waals surface area (Å²) in [6, 6.07) is 67.7. The molecule has 0 saturated heterocycles. The second-order valence-electron chi connectivity index (χ2n) is 11.6. The van der Waals surface area contributed by atoms with E-state index < -0.39 is 8.07 Å². The van der Waals surface area contributed by atoms with Crippen molar-refractivity contribution in [2.24, 2.45) is 0 Å². The summed E-state index contributed by atoms with van der Waals surface area (Å²) in [5.41, 5.74) is 6.16. The summed E-state index contributed by atoms with van der Waals surface area (Å²) < 4.78 is 2.37. The number of rotatable bonds is 6. The smallest absolute Gasteiger partial charge is 0.180 e. The van der Waals surface area contributed by atoms with Crippen LogP contribution in [0.1, 0.15) is 5.56 Å². The number of aromatic nitrogens is 1. The molecule has 7 aromatic carbocycles. The molecule has 1 aromatic heterocycles. The van der Waals surface area contributed by atoms with Crippen molar-refractivity contribution in [1.82, 2.24) is 4.57 Å². The molecule has 3 heteroatoms. The molecule has 0 spiro atoms. The van der Waals surface area contributed by atoms with Gasteiger partial charge in [-0.2, -0.15) is 5.26 Å². The Morgan fingerprint density at radius 1 is 0.435 bits per heavy atom. The molecule has 0 bridgehead atoms. The Hall–Kier alpha value is -5.95. The molecular formula is C43H30N2Si. The lowest BCUT2D eigenvalue weighted by molar-refractivity contribution is 1.18. The second-order valence-corrected chi connectivity index (χ2v) is 15.4. The van der Waals surface area contributed by atoms with Gasteiger partial charge in [0.1, 0.15) is 0 Å². The maximum absolute atomic E-state index is 10.2. The van der Waals surface area contributed by atoms with Crippen LogP contribution in [0.2, 0.25) is 0 Å². The third kappa shape index (κ3) is 4.31. The van der Waals surface area contributed by atoms with Crippen molar-refractivity contribution in [3.8, 4) is 22.9 Å². The largest absolute Gasteiger partial charge is 0.309 e. The molecule has 216 valence electrons. The fourth-order valence-electron chi connectivity index (χ4n) is 7.27. The molecule has 1 heterocycles. The molecule has 0 aliphatic rings. The maximum Gasteiger partial charge on any atom is 0.180 e. The molecule has 8 rings (SSSR count). The van der Waals surface area contributed by atoms with Crippen LogP contribution in [0.5, 0.6) is 0 Å². The first-order valence-electron chi connectivity index (χ1n) is 15.6. The summed E-state index contributed by atoms with van der Waals surface area (Å²) in [6.07, 6.45) is 0. The first-order chi connectivity index (χ1) is 22.8. The minimum absolute atomic E-state index is 0.640. The lowest BCUT2D eigenvalue weighted by Gasteiger charge is -2.36. The topological polar surface area (TPSA) is 28.7 Å². The van der Waals surface area contributed by atoms with Crippen LogP contribution in [0.3, 0.4) is 0 Å². The van der Waals surface area contributed by atoms with Gasteiger partial charge in [-0.1, -0.05) is 152 Å². The van der Waals surface area contributed by atoms with Gasteiger partial charge in [-0.05, 0) is 56.6 Å². The lowest BCUT2D eigenvalue weighted by Crippen LogP contribution is -2.75. The highest BCUT2D eigenvalue weighted by molar-refractivity contribution is 7.20. The molecule has 0 saturated carbocycles. The molecule has 46 heavy (non-hydrogen) atoms. The third-order valence-electron chi connectivity index (χ3n) is 9.19. The van der Waals surface area contributed by atoms with Crippen LogP contribution in [0.4, 0.5) is 0 Å². The molecule has 0 N–H and O–H groups in total. The summed E-state index contributed by atoms with van der Waals surface area (Å²) in [6.45, 7) is 0. The van der Waals surface area contributed by atoms with Crippen molar-refractivity contribution in [1.29, 1.82) is 5.26 Å². The van der Waals surface area contributed by atoms with Gasteiger partial charge in [-0.25, -0.2) is 0 Å². The van der Waals surface area contributed by atoms with Crippen molar-refractivity contribution in [3.63, 3.8) is 0 Å². The number of nitrogens with zero attached hydrogens (tertiary/aromatic N) is 2. The number of hydrogen-bond donors (Lipinski definition) is 0. The zero-order valence-electron chi connectivity index (χ0n) is 25.2. The Bertz CT molecular complexity index is 2220. The first-order valence-corrected chi connectivity index (χ1v) is 17.6.